The van der Waals surface area contributed by atoms with E-state index in [9.17, 15) is 31.5 Å². The van der Waals surface area contributed by atoms with Crippen molar-refractivity contribution in [2.45, 2.75) is 31.5 Å². The molecule has 1 heterocycles. The molecule has 0 spiro atoms. The number of hydrogen-bond acceptors (Lipinski definition) is 3. The Morgan fingerprint density at radius 3 is 2.50 bits per heavy atom. The number of piperidine rings is 1. The molecule has 9 heteroatoms. The lowest BCUT2D eigenvalue weighted by molar-refractivity contribution is -0.289. The molecule has 0 bridgehead atoms. The Labute approximate surface area is 134 Å². The molecule has 0 radical (unpaired) electrons. The molecule has 0 saturated carbocycles. The summed E-state index contributed by atoms with van der Waals surface area (Å²) in [6.07, 6.45) is -5.08. The predicted molar refractivity (Wildman–Crippen MR) is 74.0 cm³/mol. The second-order valence-corrected chi connectivity index (χ2v) is 5.55. The Morgan fingerprint density at radius 2 is 1.88 bits per heavy atom. The minimum atomic E-state index is -5.66. The summed E-state index contributed by atoms with van der Waals surface area (Å²) in [6.45, 7) is 0.221. The van der Waals surface area contributed by atoms with Gasteiger partial charge in [0.25, 0.3) is 0 Å². The molecule has 0 aromatic heterocycles. The van der Waals surface area contributed by atoms with Gasteiger partial charge >= 0.3 is 12.1 Å². The summed E-state index contributed by atoms with van der Waals surface area (Å²) < 4.78 is 63.8. The van der Waals surface area contributed by atoms with Gasteiger partial charge in [-0.3, -0.25) is 14.9 Å². The standard InChI is InChI=1S/C15H15F5N2O2/c16-14(17,15(18,19)20)11-3-1-2-9(6-11)7-21-8-10-4-5-12(23)22-13(10)24/h1-3,6,10,21H,4-5,7-8H2,(H,22,23,24). The average molecular weight is 350 g/mol. The second-order valence-electron chi connectivity index (χ2n) is 5.55. The Kier molecular flexibility index (Phi) is 5.22. The van der Waals surface area contributed by atoms with Gasteiger partial charge in [0.05, 0.1) is 5.92 Å². The van der Waals surface area contributed by atoms with Gasteiger partial charge in [0.2, 0.25) is 11.8 Å². The highest BCUT2D eigenvalue weighted by Crippen LogP contribution is 2.43. The third-order valence-corrected chi connectivity index (χ3v) is 3.72. The van der Waals surface area contributed by atoms with Gasteiger partial charge in [-0.15, -0.1) is 0 Å². The van der Waals surface area contributed by atoms with Gasteiger partial charge < -0.3 is 5.32 Å². The molecule has 4 nitrogen and oxygen atoms in total. The average Bonchev–Trinajstić information content (AvgIpc) is 2.48. The van der Waals surface area contributed by atoms with E-state index in [0.717, 1.165) is 18.2 Å². The largest absolute Gasteiger partial charge is 0.458 e. The molecule has 1 fully saturated rings. The summed E-state index contributed by atoms with van der Waals surface area (Å²) in [4.78, 5) is 22.6. The number of imide groups is 1. The van der Waals surface area contributed by atoms with Crippen LogP contribution in [0.1, 0.15) is 24.0 Å². The van der Waals surface area contributed by atoms with Crippen LogP contribution in [0.5, 0.6) is 0 Å². The Hall–Kier alpha value is -2.03. The molecule has 1 unspecified atom stereocenters. The van der Waals surface area contributed by atoms with E-state index in [1.165, 1.54) is 6.07 Å². The first-order valence-electron chi connectivity index (χ1n) is 7.19. The van der Waals surface area contributed by atoms with Gasteiger partial charge in [0.1, 0.15) is 0 Å². The van der Waals surface area contributed by atoms with E-state index in [0.29, 0.717) is 6.42 Å². The number of rotatable bonds is 5. The molecular weight excluding hydrogens is 335 g/mol. The van der Waals surface area contributed by atoms with Crippen LogP contribution in [0, 0.1) is 5.92 Å². The van der Waals surface area contributed by atoms with Crippen molar-refractivity contribution in [1.82, 2.24) is 10.6 Å². The van der Waals surface area contributed by atoms with E-state index >= 15 is 0 Å². The second kappa shape index (κ2) is 6.84. The molecule has 2 rings (SSSR count). The van der Waals surface area contributed by atoms with Crippen LogP contribution < -0.4 is 10.6 Å². The van der Waals surface area contributed by atoms with Crippen LogP contribution in [0.25, 0.3) is 0 Å². The minimum Gasteiger partial charge on any atom is -0.312 e. The monoisotopic (exact) mass is 350 g/mol. The van der Waals surface area contributed by atoms with E-state index in [4.69, 9.17) is 0 Å². The van der Waals surface area contributed by atoms with E-state index in [1.807, 2.05) is 0 Å². The van der Waals surface area contributed by atoms with Crippen molar-refractivity contribution in [3.63, 3.8) is 0 Å². The maximum atomic E-state index is 13.3. The number of alkyl halides is 5. The lowest BCUT2D eigenvalue weighted by Crippen LogP contribution is -2.44. The Balaban J connectivity index is 1.96. The van der Waals surface area contributed by atoms with Crippen LogP contribution in [0.3, 0.4) is 0 Å². The van der Waals surface area contributed by atoms with Crippen LogP contribution in [0.15, 0.2) is 24.3 Å². The van der Waals surface area contributed by atoms with E-state index in [2.05, 4.69) is 10.6 Å². The molecular formula is C15H15F5N2O2. The normalized spacial score (nSPS) is 19.3. The number of carbonyl (C=O) groups is 2. The number of nitrogens with one attached hydrogen (secondary N) is 2. The van der Waals surface area contributed by atoms with Crippen LogP contribution in [0.4, 0.5) is 22.0 Å². The quantitative estimate of drug-likeness (QED) is 0.634. The zero-order chi connectivity index (χ0) is 18.0. The lowest BCUT2D eigenvalue weighted by atomic mass is 9.98. The van der Waals surface area contributed by atoms with Gasteiger partial charge in [-0.05, 0) is 18.1 Å². The maximum absolute atomic E-state index is 13.3. The fraction of sp³-hybridized carbons (Fsp3) is 0.467. The zero-order valence-corrected chi connectivity index (χ0v) is 12.4. The van der Waals surface area contributed by atoms with Crippen LogP contribution in [-0.4, -0.2) is 24.5 Å². The van der Waals surface area contributed by atoms with Crippen molar-refractivity contribution >= 4 is 11.8 Å². The molecule has 132 valence electrons. The SMILES string of the molecule is O=C1CCC(CNCc2cccc(C(F)(F)C(F)(F)F)c2)C(=O)N1. The summed E-state index contributed by atoms with van der Waals surface area (Å²) in [7, 11) is 0. The number of hydrogen-bond donors (Lipinski definition) is 2. The van der Waals surface area contributed by atoms with E-state index in [-0.39, 0.29) is 31.0 Å². The molecule has 1 aromatic carbocycles. The Morgan fingerprint density at radius 1 is 1.17 bits per heavy atom. The van der Waals surface area contributed by atoms with Gasteiger partial charge in [-0.25, -0.2) is 0 Å². The highest BCUT2D eigenvalue weighted by atomic mass is 19.4. The van der Waals surface area contributed by atoms with Crippen LogP contribution >= 0.6 is 0 Å². The number of carbonyl (C=O) groups excluding carboxylic acids is 2. The maximum Gasteiger partial charge on any atom is 0.458 e. The molecule has 1 aliphatic rings. The van der Waals surface area contributed by atoms with Crippen molar-refractivity contribution in [3.05, 3.63) is 35.4 Å². The van der Waals surface area contributed by atoms with Gasteiger partial charge in [0, 0.05) is 25.1 Å². The molecule has 24 heavy (non-hydrogen) atoms. The smallest absolute Gasteiger partial charge is 0.312 e. The number of amides is 2. The zero-order valence-electron chi connectivity index (χ0n) is 12.4. The summed E-state index contributed by atoms with van der Waals surface area (Å²) in [5, 5.41) is 5.02. The van der Waals surface area contributed by atoms with Crippen molar-refractivity contribution in [2.24, 2.45) is 5.92 Å². The minimum absolute atomic E-state index is 0.0273. The first kappa shape index (κ1) is 18.3. The fourth-order valence-corrected chi connectivity index (χ4v) is 2.36. The molecule has 1 aromatic rings. The summed E-state index contributed by atoms with van der Waals surface area (Å²) in [5.74, 6) is -6.14. The summed E-state index contributed by atoms with van der Waals surface area (Å²) >= 11 is 0. The van der Waals surface area contributed by atoms with Crippen molar-refractivity contribution in [1.29, 1.82) is 0 Å². The third kappa shape index (κ3) is 4.08. The van der Waals surface area contributed by atoms with Crippen molar-refractivity contribution in [3.8, 4) is 0 Å². The van der Waals surface area contributed by atoms with Gasteiger partial charge in [-0.2, -0.15) is 22.0 Å². The topological polar surface area (TPSA) is 58.2 Å². The third-order valence-electron chi connectivity index (χ3n) is 3.72. The number of benzene rings is 1. The van der Waals surface area contributed by atoms with Crippen LogP contribution in [-0.2, 0) is 22.1 Å². The van der Waals surface area contributed by atoms with Crippen molar-refractivity contribution in [2.75, 3.05) is 6.54 Å². The van der Waals surface area contributed by atoms with Crippen molar-refractivity contribution < 1.29 is 31.5 Å². The number of halogens is 5. The van der Waals surface area contributed by atoms with Crippen LogP contribution in [0.2, 0.25) is 0 Å². The first-order chi connectivity index (χ1) is 11.1. The van der Waals surface area contributed by atoms with Gasteiger partial charge in [-0.1, -0.05) is 18.2 Å². The summed E-state index contributed by atoms with van der Waals surface area (Å²) in [6, 6.07) is 4.04. The molecule has 0 aliphatic carbocycles. The molecule has 1 atom stereocenters. The fourth-order valence-electron chi connectivity index (χ4n) is 2.36. The Bertz CT molecular complexity index is 631. The highest BCUT2D eigenvalue weighted by Gasteiger charge is 2.58. The first-order valence-corrected chi connectivity index (χ1v) is 7.19. The molecule has 2 amide bonds. The van der Waals surface area contributed by atoms with E-state index < -0.39 is 29.5 Å². The highest BCUT2D eigenvalue weighted by molar-refractivity contribution is 5.98. The lowest BCUT2D eigenvalue weighted by Gasteiger charge is -2.22. The van der Waals surface area contributed by atoms with Gasteiger partial charge in [0.15, 0.2) is 0 Å². The molecule has 1 aliphatic heterocycles. The predicted octanol–water partition coefficient (Wildman–Crippen LogP) is 2.48. The molecule has 1 saturated heterocycles. The summed E-state index contributed by atoms with van der Waals surface area (Å²) in [5.41, 5.74) is -0.890. The molecule has 2 N–H and O–H groups in total. The van der Waals surface area contributed by atoms with E-state index in [1.54, 1.807) is 0 Å².